The van der Waals surface area contributed by atoms with E-state index >= 15 is 0 Å². The number of hydrogen-bond donors (Lipinski definition) is 7. The Bertz CT molecular complexity index is 1180. The van der Waals surface area contributed by atoms with Gasteiger partial charge in [-0.15, -0.1) is 0 Å². The number of phenols is 3. The molecule has 0 spiro atoms. The number of aliphatic hydroxyl groups excluding tert-OH is 4. The second-order valence-corrected chi connectivity index (χ2v) is 8.78. The van der Waals surface area contributed by atoms with Crippen LogP contribution in [0.3, 0.4) is 0 Å². The zero-order valence-corrected chi connectivity index (χ0v) is 19.1. The van der Waals surface area contributed by atoms with Crippen LogP contribution in [0.1, 0.15) is 38.8 Å². The highest BCUT2D eigenvalue weighted by atomic mass is 16.7. The van der Waals surface area contributed by atoms with Crippen molar-refractivity contribution < 1.29 is 59.5 Å². The predicted molar refractivity (Wildman–Crippen MR) is 119 cm³/mol. The van der Waals surface area contributed by atoms with Gasteiger partial charge in [0.1, 0.15) is 59.1 Å². The van der Waals surface area contributed by atoms with Crippen LogP contribution in [0.25, 0.3) is 0 Å². The highest BCUT2D eigenvalue weighted by Gasteiger charge is 2.45. The van der Waals surface area contributed by atoms with E-state index in [9.17, 15) is 45.3 Å². The van der Waals surface area contributed by atoms with Crippen LogP contribution in [-0.2, 0) is 22.3 Å². The van der Waals surface area contributed by atoms with E-state index in [0.29, 0.717) is 5.56 Å². The van der Waals surface area contributed by atoms with Gasteiger partial charge in [-0.25, -0.2) is 4.79 Å². The smallest absolute Gasteiger partial charge is 0.342 e. The van der Waals surface area contributed by atoms with Crippen LogP contribution in [0.5, 0.6) is 23.0 Å². The lowest BCUT2D eigenvalue weighted by Gasteiger charge is -2.39. The van der Waals surface area contributed by atoms with Crippen LogP contribution >= 0.6 is 0 Å². The maximum Gasteiger partial charge on any atom is 0.342 e. The number of fused-ring (bicyclic) bond motifs is 1. The first-order valence-electron chi connectivity index (χ1n) is 11.1. The minimum Gasteiger partial charge on any atom is -0.508 e. The van der Waals surface area contributed by atoms with Crippen molar-refractivity contribution in [2.45, 2.75) is 56.6 Å². The molecule has 194 valence electrons. The first kappa shape index (κ1) is 25.7. The third-order valence-corrected chi connectivity index (χ3v) is 6.17. The standard InChI is InChI=1S/C24H26O12/c1-9(26)18-10(4-14-5-11-3-12(27)6-15(29)19(11)23(33)34-14)2-13(28)7-16(18)35-24-22(32)21(31)20(30)17(8-25)36-24/h2-3,6-7,14,17,20-22,24-25,27-32H,4-5,8H2,1H3/t14?,17-,20-,21+,22-,24-/m0/s1. The fourth-order valence-corrected chi connectivity index (χ4v) is 4.52. The fourth-order valence-electron chi connectivity index (χ4n) is 4.52. The molecular weight excluding hydrogens is 480 g/mol. The minimum absolute atomic E-state index is 0.0228. The Labute approximate surface area is 204 Å². The normalized spacial score (nSPS) is 27.8. The molecule has 0 aliphatic carbocycles. The molecule has 2 heterocycles. The van der Waals surface area contributed by atoms with Gasteiger partial charge in [-0.1, -0.05) is 0 Å². The lowest BCUT2D eigenvalue weighted by Crippen LogP contribution is -2.60. The van der Waals surface area contributed by atoms with Gasteiger partial charge in [-0.05, 0) is 30.2 Å². The summed E-state index contributed by atoms with van der Waals surface area (Å²) in [7, 11) is 0. The van der Waals surface area contributed by atoms with E-state index in [4.69, 9.17) is 14.2 Å². The number of esters is 1. The van der Waals surface area contributed by atoms with Gasteiger partial charge in [0, 0.05) is 25.0 Å². The lowest BCUT2D eigenvalue weighted by molar-refractivity contribution is -0.277. The summed E-state index contributed by atoms with van der Waals surface area (Å²) in [6, 6.07) is 4.72. The number of carbonyl (C=O) groups is 2. The van der Waals surface area contributed by atoms with Crippen molar-refractivity contribution in [1.29, 1.82) is 0 Å². The molecule has 1 fully saturated rings. The summed E-state index contributed by atoms with van der Waals surface area (Å²) in [6.07, 6.45) is -8.71. The summed E-state index contributed by atoms with van der Waals surface area (Å²) in [4.78, 5) is 25.1. The van der Waals surface area contributed by atoms with Crippen molar-refractivity contribution in [1.82, 2.24) is 0 Å². The largest absolute Gasteiger partial charge is 0.508 e. The number of ether oxygens (including phenoxy) is 3. The average molecular weight is 506 g/mol. The van der Waals surface area contributed by atoms with E-state index in [2.05, 4.69) is 0 Å². The van der Waals surface area contributed by atoms with Crippen molar-refractivity contribution in [2.24, 2.45) is 0 Å². The van der Waals surface area contributed by atoms with E-state index in [1.165, 1.54) is 19.1 Å². The highest BCUT2D eigenvalue weighted by molar-refractivity contribution is 5.99. The molecule has 2 aromatic rings. The number of aliphatic hydroxyl groups is 4. The average Bonchev–Trinajstić information content (AvgIpc) is 2.78. The SMILES string of the molecule is CC(=O)c1c(CC2Cc3cc(O)cc(O)c3C(=O)O2)cc(O)cc1O[C@H]1O[C@@H](CO)[C@H](O)[C@@H](O)[C@@H]1O. The topological polar surface area (TPSA) is 203 Å². The Morgan fingerprint density at radius 1 is 1.03 bits per heavy atom. The lowest BCUT2D eigenvalue weighted by atomic mass is 9.91. The summed E-state index contributed by atoms with van der Waals surface area (Å²) in [5, 5.41) is 69.7. The molecule has 1 unspecified atom stereocenters. The molecule has 0 bridgehead atoms. The maximum absolute atomic E-state index is 12.6. The summed E-state index contributed by atoms with van der Waals surface area (Å²) in [5.41, 5.74) is 0.479. The predicted octanol–water partition coefficient (Wildman–Crippen LogP) is -0.491. The molecule has 1 saturated heterocycles. The molecule has 2 aliphatic rings. The number of aromatic hydroxyl groups is 3. The highest BCUT2D eigenvalue weighted by Crippen LogP contribution is 2.36. The molecule has 2 aromatic carbocycles. The molecule has 7 N–H and O–H groups in total. The summed E-state index contributed by atoms with van der Waals surface area (Å²) < 4.78 is 16.4. The van der Waals surface area contributed by atoms with Crippen LogP contribution in [0, 0.1) is 0 Å². The van der Waals surface area contributed by atoms with Gasteiger partial charge < -0.3 is 50.0 Å². The molecule has 0 aromatic heterocycles. The van der Waals surface area contributed by atoms with Crippen LogP contribution in [0.2, 0.25) is 0 Å². The zero-order chi connectivity index (χ0) is 26.3. The van der Waals surface area contributed by atoms with Gasteiger partial charge in [0.15, 0.2) is 5.78 Å². The van der Waals surface area contributed by atoms with E-state index in [1.54, 1.807) is 0 Å². The fraction of sp³-hybridized carbons (Fsp3) is 0.417. The molecule has 4 rings (SSSR count). The monoisotopic (exact) mass is 506 g/mol. The number of carbonyl (C=O) groups excluding carboxylic acids is 2. The second-order valence-electron chi connectivity index (χ2n) is 8.78. The Hall–Kier alpha value is -3.42. The molecule has 0 saturated carbocycles. The second kappa shape index (κ2) is 9.91. The number of benzene rings is 2. The third-order valence-electron chi connectivity index (χ3n) is 6.17. The van der Waals surface area contributed by atoms with Crippen LogP contribution < -0.4 is 4.74 Å². The molecule has 12 heteroatoms. The van der Waals surface area contributed by atoms with Crippen molar-refractivity contribution in [3.05, 3.63) is 46.5 Å². The summed E-state index contributed by atoms with van der Waals surface area (Å²) in [5.74, 6) is -2.52. The van der Waals surface area contributed by atoms with E-state index in [-0.39, 0.29) is 46.8 Å². The molecule has 2 aliphatic heterocycles. The van der Waals surface area contributed by atoms with Crippen molar-refractivity contribution in [2.75, 3.05) is 6.61 Å². The molecular formula is C24H26O12. The van der Waals surface area contributed by atoms with Gasteiger partial charge in [0.05, 0.1) is 12.2 Å². The van der Waals surface area contributed by atoms with E-state index in [0.717, 1.165) is 12.1 Å². The Morgan fingerprint density at radius 2 is 1.72 bits per heavy atom. The van der Waals surface area contributed by atoms with Gasteiger partial charge in [-0.3, -0.25) is 4.79 Å². The summed E-state index contributed by atoms with van der Waals surface area (Å²) in [6.45, 7) is 0.545. The van der Waals surface area contributed by atoms with E-state index in [1.807, 2.05) is 0 Å². The van der Waals surface area contributed by atoms with E-state index < -0.39 is 60.9 Å². The van der Waals surface area contributed by atoms with Crippen molar-refractivity contribution >= 4 is 11.8 Å². The third kappa shape index (κ3) is 4.81. The van der Waals surface area contributed by atoms with Gasteiger partial charge in [0.25, 0.3) is 0 Å². The number of ketones is 1. The Kier molecular flexibility index (Phi) is 7.07. The quantitative estimate of drug-likeness (QED) is 0.196. The van der Waals surface area contributed by atoms with Crippen LogP contribution in [0.4, 0.5) is 0 Å². The first-order chi connectivity index (χ1) is 17.0. The number of hydrogen-bond acceptors (Lipinski definition) is 12. The number of phenolic OH excluding ortho intramolecular Hbond substituents is 3. The van der Waals surface area contributed by atoms with Crippen molar-refractivity contribution in [3.8, 4) is 23.0 Å². The molecule has 36 heavy (non-hydrogen) atoms. The molecule has 0 radical (unpaired) electrons. The van der Waals surface area contributed by atoms with Crippen LogP contribution in [0.15, 0.2) is 24.3 Å². The Morgan fingerprint density at radius 3 is 2.39 bits per heavy atom. The molecule has 0 amide bonds. The van der Waals surface area contributed by atoms with Crippen molar-refractivity contribution in [3.63, 3.8) is 0 Å². The van der Waals surface area contributed by atoms with Gasteiger partial charge >= 0.3 is 5.97 Å². The first-order valence-corrected chi connectivity index (χ1v) is 11.1. The Balaban J connectivity index is 1.64. The number of cyclic esters (lactones) is 1. The zero-order valence-electron chi connectivity index (χ0n) is 19.1. The minimum atomic E-state index is -1.75. The van der Waals surface area contributed by atoms with Gasteiger partial charge in [-0.2, -0.15) is 0 Å². The molecule has 6 atom stereocenters. The number of rotatable bonds is 6. The van der Waals surface area contributed by atoms with Crippen LogP contribution in [-0.4, -0.2) is 90.9 Å². The maximum atomic E-state index is 12.6. The number of Topliss-reactive ketones (excluding diaryl/α,β-unsaturated/α-hetero) is 1. The van der Waals surface area contributed by atoms with Gasteiger partial charge in [0.2, 0.25) is 6.29 Å². The summed E-state index contributed by atoms with van der Waals surface area (Å²) >= 11 is 0. The molecule has 12 nitrogen and oxygen atoms in total.